The Kier molecular flexibility index (Phi) is 6.30. The maximum atomic E-state index is 14.3. The zero-order valence-corrected chi connectivity index (χ0v) is 17.5. The van der Waals surface area contributed by atoms with Gasteiger partial charge in [0.1, 0.15) is 15.6 Å². The number of amides is 1. The molecule has 1 aromatic carbocycles. The number of carbonyl (C=O) groups is 2. The summed E-state index contributed by atoms with van der Waals surface area (Å²) in [7, 11) is -2.80. The summed E-state index contributed by atoms with van der Waals surface area (Å²) in [6, 6.07) is 3.18. The Morgan fingerprint density at radius 2 is 1.93 bits per heavy atom. The second-order valence-electron chi connectivity index (χ2n) is 6.49. The van der Waals surface area contributed by atoms with E-state index in [4.69, 9.17) is 0 Å². The summed E-state index contributed by atoms with van der Waals surface area (Å²) in [5.41, 5.74) is 0.360. The molecule has 1 aliphatic heterocycles. The van der Waals surface area contributed by atoms with Crippen molar-refractivity contribution in [3.63, 3.8) is 0 Å². The van der Waals surface area contributed by atoms with Gasteiger partial charge in [0.2, 0.25) is 10.0 Å². The monoisotopic (exact) mass is 441 g/mol. The van der Waals surface area contributed by atoms with Crippen LogP contribution in [-0.2, 0) is 14.8 Å². The van der Waals surface area contributed by atoms with Crippen molar-refractivity contribution in [2.75, 3.05) is 25.5 Å². The lowest BCUT2D eigenvalue weighted by Gasteiger charge is -2.26. The van der Waals surface area contributed by atoms with E-state index in [1.54, 1.807) is 6.92 Å². The predicted molar refractivity (Wildman–Crippen MR) is 105 cm³/mol. The number of aryl methyl sites for hydroxylation is 1. The molecular weight excluding hydrogens is 421 g/mol. The highest BCUT2D eigenvalue weighted by atomic mass is 32.2. The van der Waals surface area contributed by atoms with Crippen molar-refractivity contribution in [3.8, 4) is 0 Å². The molecule has 0 unspecified atom stereocenters. The fourth-order valence-corrected chi connectivity index (χ4v) is 5.48. The number of nitrogens with one attached hydrogen (secondary N) is 1. The molecule has 1 amide bonds. The maximum Gasteiger partial charge on any atom is 0.350 e. The van der Waals surface area contributed by atoms with E-state index in [1.165, 1.54) is 17.5 Å². The molecule has 0 atom stereocenters. The van der Waals surface area contributed by atoms with Gasteiger partial charge in [-0.15, -0.1) is 0 Å². The summed E-state index contributed by atoms with van der Waals surface area (Å²) in [6.45, 7) is 2.25. The van der Waals surface area contributed by atoms with Crippen molar-refractivity contribution in [2.24, 2.45) is 0 Å². The van der Waals surface area contributed by atoms with Crippen LogP contribution in [0.5, 0.6) is 0 Å². The molecule has 1 aliphatic rings. The number of carbonyl (C=O) groups excluding carboxylic acids is 2. The van der Waals surface area contributed by atoms with Crippen LogP contribution in [0, 0.1) is 12.7 Å². The average Bonchev–Trinajstić information content (AvgIpc) is 3.08. The summed E-state index contributed by atoms with van der Waals surface area (Å²) in [6.07, 6.45) is 2.36. The number of sulfonamides is 1. The second-order valence-corrected chi connectivity index (χ2v) is 9.39. The molecule has 156 valence electrons. The third-order valence-electron chi connectivity index (χ3n) is 4.51. The number of aromatic nitrogens is 1. The Labute approximate surface area is 171 Å². The quantitative estimate of drug-likeness (QED) is 0.716. The molecular formula is C18H20FN3O5S2. The minimum Gasteiger partial charge on any atom is -0.465 e. The van der Waals surface area contributed by atoms with E-state index < -0.39 is 32.6 Å². The number of anilines is 1. The Bertz CT molecular complexity index is 1050. The molecule has 0 saturated carbocycles. The van der Waals surface area contributed by atoms with Gasteiger partial charge in [-0.05, 0) is 38.0 Å². The molecule has 11 heteroatoms. The first-order chi connectivity index (χ1) is 13.7. The lowest BCUT2D eigenvalue weighted by atomic mass is 10.2. The van der Waals surface area contributed by atoms with Crippen LogP contribution in [0.15, 0.2) is 23.1 Å². The Morgan fingerprint density at radius 1 is 1.24 bits per heavy atom. The summed E-state index contributed by atoms with van der Waals surface area (Å²) in [5, 5.41) is 2.66. The van der Waals surface area contributed by atoms with Gasteiger partial charge in [-0.3, -0.25) is 10.1 Å². The van der Waals surface area contributed by atoms with Crippen molar-refractivity contribution in [1.29, 1.82) is 0 Å². The highest BCUT2D eigenvalue weighted by molar-refractivity contribution is 7.89. The Balaban J connectivity index is 1.85. The third kappa shape index (κ3) is 4.46. The highest BCUT2D eigenvalue weighted by Gasteiger charge is 2.29. The summed E-state index contributed by atoms with van der Waals surface area (Å²) < 4.78 is 45.8. The van der Waals surface area contributed by atoms with Crippen molar-refractivity contribution in [2.45, 2.75) is 31.1 Å². The van der Waals surface area contributed by atoms with Crippen molar-refractivity contribution in [3.05, 3.63) is 40.2 Å². The van der Waals surface area contributed by atoms with Crippen molar-refractivity contribution < 1.29 is 27.1 Å². The molecule has 1 N–H and O–H groups in total. The van der Waals surface area contributed by atoms with Gasteiger partial charge in [-0.2, -0.15) is 4.31 Å². The van der Waals surface area contributed by atoms with E-state index in [2.05, 4.69) is 15.0 Å². The molecule has 1 saturated heterocycles. The smallest absolute Gasteiger partial charge is 0.350 e. The summed E-state index contributed by atoms with van der Waals surface area (Å²) in [4.78, 5) is 28.0. The number of benzene rings is 1. The van der Waals surface area contributed by atoms with Crippen LogP contribution in [0.25, 0.3) is 0 Å². The van der Waals surface area contributed by atoms with Gasteiger partial charge in [-0.1, -0.05) is 17.8 Å². The molecule has 1 fully saturated rings. The number of methoxy groups -OCH3 is 1. The lowest BCUT2D eigenvalue weighted by Crippen LogP contribution is -2.36. The van der Waals surface area contributed by atoms with Gasteiger partial charge in [0.15, 0.2) is 5.13 Å². The first-order valence-electron chi connectivity index (χ1n) is 8.91. The SMILES string of the molecule is COC(=O)c1sc(NC(=O)c2ccc(F)c(S(=O)(=O)N3CCCCC3)c2)nc1C. The van der Waals surface area contributed by atoms with Crippen LogP contribution in [-0.4, -0.2) is 49.8 Å². The summed E-state index contributed by atoms with van der Waals surface area (Å²) in [5.74, 6) is -2.15. The van der Waals surface area contributed by atoms with Gasteiger partial charge in [-0.25, -0.2) is 22.6 Å². The number of hydrogen-bond donors (Lipinski definition) is 1. The van der Waals surface area contributed by atoms with Gasteiger partial charge in [0.05, 0.1) is 12.8 Å². The minimum atomic E-state index is -4.03. The van der Waals surface area contributed by atoms with E-state index in [1.807, 2.05) is 0 Å². The molecule has 3 rings (SSSR count). The largest absolute Gasteiger partial charge is 0.465 e. The number of piperidine rings is 1. The molecule has 8 nitrogen and oxygen atoms in total. The van der Waals surface area contributed by atoms with E-state index in [0.717, 1.165) is 29.9 Å². The number of rotatable bonds is 5. The number of thiazole rings is 1. The van der Waals surface area contributed by atoms with Crippen LogP contribution >= 0.6 is 11.3 Å². The molecule has 29 heavy (non-hydrogen) atoms. The predicted octanol–water partition coefficient (Wildman–Crippen LogP) is 2.80. The van der Waals surface area contributed by atoms with Crippen molar-refractivity contribution in [1.82, 2.24) is 9.29 Å². The summed E-state index contributed by atoms with van der Waals surface area (Å²) >= 11 is 0.933. The number of esters is 1. The van der Waals surface area contributed by atoms with E-state index in [0.29, 0.717) is 31.6 Å². The maximum absolute atomic E-state index is 14.3. The number of hydrogen-bond acceptors (Lipinski definition) is 7. The lowest BCUT2D eigenvalue weighted by molar-refractivity contribution is 0.0605. The molecule has 0 radical (unpaired) electrons. The Morgan fingerprint density at radius 3 is 2.59 bits per heavy atom. The molecule has 1 aromatic heterocycles. The number of ether oxygens (including phenoxy) is 1. The number of halogens is 1. The standard InChI is InChI=1S/C18H20FN3O5S2/c1-11-15(17(24)27-2)28-18(20-11)21-16(23)12-6-7-13(19)14(10-12)29(25,26)22-8-4-3-5-9-22/h6-7,10H,3-5,8-9H2,1-2H3,(H,20,21,23). The third-order valence-corrected chi connectivity index (χ3v) is 7.48. The molecule has 0 spiro atoms. The molecule has 2 heterocycles. The molecule has 0 bridgehead atoms. The molecule has 2 aromatic rings. The van der Waals surface area contributed by atoms with Crippen LogP contribution in [0.3, 0.4) is 0 Å². The number of nitrogens with zero attached hydrogens (tertiary/aromatic N) is 2. The topological polar surface area (TPSA) is 106 Å². The Hall–Kier alpha value is -2.37. The fraction of sp³-hybridized carbons (Fsp3) is 0.389. The zero-order chi connectivity index (χ0) is 21.2. The van der Waals surface area contributed by atoms with Crippen molar-refractivity contribution >= 4 is 38.4 Å². The van der Waals surface area contributed by atoms with E-state index >= 15 is 0 Å². The van der Waals surface area contributed by atoms with E-state index in [-0.39, 0.29) is 15.6 Å². The van der Waals surface area contributed by atoms with Crippen LogP contribution in [0.4, 0.5) is 9.52 Å². The van der Waals surface area contributed by atoms with Gasteiger partial charge in [0.25, 0.3) is 5.91 Å². The average molecular weight is 442 g/mol. The van der Waals surface area contributed by atoms with Gasteiger partial charge < -0.3 is 4.74 Å². The first-order valence-corrected chi connectivity index (χ1v) is 11.2. The highest BCUT2D eigenvalue weighted by Crippen LogP contribution is 2.26. The minimum absolute atomic E-state index is 0.0329. The van der Waals surface area contributed by atoms with Crippen LogP contribution < -0.4 is 5.32 Å². The van der Waals surface area contributed by atoms with Gasteiger partial charge in [0, 0.05) is 18.7 Å². The molecule has 0 aliphatic carbocycles. The normalized spacial score (nSPS) is 15.1. The van der Waals surface area contributed by atoms with Crippen LogP contribution in [0.1, 0.15) is 45.0 Å². The van der Waals surface area contributed by atoms with Gasteiger partial charge >= 0.3 is 5.97 Å². The fourth-order valence-electron chi connectivity index (χ4n) is 2.99. The zero-order valence-electron chi connectivity index (χ0n) is 15.9. The van der Waals surface area contributed by atoms with E-state index in [9.17, 15) is 22.4 Å². The first kappa shape index (κ1) is 21.3. The van der Waals surface area contributed by atoms with Crippen LogP contribution in [0.2, 0.25) is 0 Å². The second kappa shape index (κ2) is 8.56.